The van der Waals surface area contributed by atoms with E-state index in [2.05, 4.69) is 4.98 Å². The normalized spacial score (nSPS) is 16.6. The Hall–Kier alpha value is -1.99. The van der Waals surface area contributed by atoms with Crippen LogP contribution in [0.2, 0.25) is 0 Å². The number of aromatic nitrogens is 1. The number of hydrogen-bond donors (Lipinski definition) is 0. The lowest BCUT2D eigenvalue weighted by Crippen LogP contribution is -2.51. The molecule has 7 heteroatoms. The zero-order chi connectivity index (χ0) is 18.2. The Kier molecular flexibility index (Phi) is 4.79. The van der Waals surface area contributed by atoms with E-state index < -0.39 is 10.0 Å². The van der Waals surface area contributed by atoms with Gasteiger partial charge in [0.25, 0.3) is 0 Å². The SMILES string of the molecule is Cc1cnc2c(S(=O)(=O)N3CCN(C(=O)C(C)C)CC3)cccc2c1. The van der Waals surface area contributed by atoms with Crippen molar-refractivity contribution in [2.45, 2.75) is 25.7 Å². The Bertz CT molecular complexity index is 901. The molecule has 1 aliphatic heterocycles. The van der Waals surface area contributed by atoms with Crippen LogP contribution in [-0.4, -0.2) is 54.7 Å². The number of carbonyl (C=O) groups is 1. The van der Waals surface area contributed by atoms with Crippen LogP contribution in [0.4, 0.5) is 0 Å². The predicted molar refractivity (Wildman–Crippen MR) is 96.7 cm³/mol. The van der Waals surface area contributed by atoms with E-state index in [9.17, 15) is 13.2 Å². The molecule has 3 rings (SSSR count). The van der Waals surface area contributed by atoms with E-state index in [1.54, 1.807) is 23.2 Å². The van der Waals surface area contributed by atoms with Gasteiger partial charge >= 0.3 is 0 Å². The average molecular weight is 361 g/mol. The molecule has 1 aromatic carbocycles. The molecule has 1 aromatic heterocycles. The summed E-state index contributed by atoms with van der Waals surface area (Å²) in [5.74, 6) is -0.00647. The van der Waals surface area contributed by atoms with Gasteiger partial charge in [0, 0.05) is 43.7 Å². The minimum Gasteiger partial charge on any atom is -0.340 e. The molecule has 1 fully saturated rings. The van der Waals surface area contributed by atoms with E-state index in [1.807, 2.05) is 32.9 Å². The lowest BCUT2D eigenvalue weighted by atomic mass is 10.2. The molecule has 1 saturated heterocycles. The third-order valence-corrected chi connectivity index (χ3v) is 6.40. The van der Waals surface area contributed by atoms with Crippen LogP contribution in [0.25, 0.3) is 10.9 Å². The molecular weight excluding hydrogens is 338 g/mol. The highest BCUT2D eigenvalue weighted by Gasteiger charge is 2.31. The monoisotopic (exact) mass is 361 g/mol. The topological polar surface area (TPSA) is 70.6 Å². The van der Waals surface area contributed by atoms with Gasteiger partial charge < -0.3 is 4.90 Å². The number of rotatable bonds is 3. The summed E-state index contributed by atoms with van der Waals surface area (Å²) in [5.41, 5.74) is 1.48. The van der Waals surface area contributed by atoms with E-state index in [0.717, 1.165) is 10.9 Å². The van der Waals surface area contributed by atoms with Gasteiger partial charge in [0.2, 0.25) is 15.9 Å². The highest BCUT2D eigenvalue weighted by atomic mass is 32.2. The molecule has 1 aliphatic rings. The molecule has 1 amide bonds. The summed E-state index contributed by atoms with van der Waals surface area (Å²) < 4.78 is 27.6. The molecule has 2 heterocycles. The molecule has 0 radical (unpaired) electrons. The van der Waals surface area contributed by atoms with Gasteiger partial charge in [-0.15, -0.1) is 0 Å². The van der Waals surface area contributed by atoms with Crippen LogP contribution in [0.15, 0.2) is 35.4 Å². The van der Waals surface area contributed by atoms with E-state index in [0.29, 0.717) is 31.7 Å². The quantitative estimate of drug-likeness (QED) is 0.839. The fourth-order valence-corrected chi connectivity index (χ4v) is 4.69. The fourth-order valence-electron chi connectivity index (χ4n) is 3.10. The summed E-state index contributed by atoms with van der Waals surface area (Å²) in [5, 5.41) is 0.815. The Labute approximate surface area is 148 Å². The molecule has 6 nitrogen and oxygen atoms in total. The lowest BCUT2D eigenvalue weighted by molar-refractivity contribution is -0.135. The van der Waals surface area contributed by atoms with Crippen molar-refractivity contribution in [2.24, 2.45) is 5.92 Å². The first-order chi connectivity index (χ1) is 11.8. The van der Waals surface area contributed by atoms with Gasteiger partial charge in [-0.25, -0.2) is 8.42 Å². The van der Waals surface area contributed by atoms with Crippen LogP contribution in [0.5, 0.6) is 0 Å². The summed E-state index contributed by atoms with van der Waals surface area (Å²) in [6, 6.07) is 7.15. The van der Waals surface area contributed by atoms with Gasteiger partial charge in [0.05, 0.1) is 5.52 Å². The van der Waals surface area contributed by atoms with Gasteiger partial charge in [0.1, 0.15) is 4.90 Å². The Morgan fingerprint density at radius 1 is 1.16 bits per heavy atom. The second-order valence-electron chi connectivity index (χ2n) is 6.72. The van der Waals surface area contributed by atoms with E-state index >= 15 is 0 Å². The number of fused-ring (bicyclic) bond motifs is 1. The Morgan fingerprint density at radius 2 is 1.84 bits per heavy atom. The van der Waals surface area contributed by atoms with Crippen LogP contribution in [-0.2, 0) is 14.8 Å². The number of piperazine rings is 1. The van der Waals surface area contributed by atoms with Gasteiger partial charge in [0.15, 0.2) is 0 Å². The summed E-state index contributed by atoms with van der Waals surface area (Å²) in [6.45, 7) is 7.11. The second kappa shape index (κ2) is 6.72. The van der Waals surface area contributed by atoms with Crippen molar-refractivity contribution in [2.75, 3.05) is 26.2 Å². The molecule has 2 aromatic rings. The van der Waals surface area contributed by atoms with E-state index in [1.165, 1.54) is 4.31 Å². The van der Waals surface area contributed by atoms with Crippen LogP contribution < -0.4 is 0 Å². The Balaban J connectivity index is 1.88. The Morgan fingerprint density at radius 3 is 2.48 bits per heavy atom. The summed E-state index contributed by atoms with van der Waals surface area (Å²) in [7, 11) is -3.64. The molecule has 25 heavy (non-hydrogen) atoms. The van der Waals surface area contributed by atoms with Crippen LogP contribution >= 0.6 is 0 Å². The highest BCUT2D eigenvalue weighted by Crippen LogP contribution is 2.25. The van der Waals surface area contributed by atoms with E-state index in [-0.39, 0.29) is 16.7 Å². The number of nitrogens with zero attached hydrogens (tertiary/aromatic N) is 3. The van der Waals surface area contributed by atoms with Crippen LogP contribution in [0.3, 0.4) is 0 Å². The predicted octanol–water partition coefficient (Wildman–Crippen LogP) is 2.03. The maximum absolute atomic E-state index is 13.1. The minimum atomic E-state index is -3.64. The van der Waals surface area contributed by atoms with Gasteiger partial charge in [-0.2, -0.15) is 4.31 Å². The van der Waals surface area contributed by atoms with Crippen molar-refractivity contribution >= 4 is 26.8 Å². The first-order valence-corrected chi connectivity index (χ1v) is 9.89. The first-order valence-electron chi connectivity index (χ1n) is 8.45. The van der Waals surface area contributed by atoms with Crippen molar-refractivity contribution in [3.63, 3.8) is 0 Å². The molecule has 0 N–H and O–H groups in total. The number of para-hydroxylation sites is 1. The second-order valence-corrected chi connectivity index (χ2v) is 8.63. The fraction of sp³-hybridized carbons (Fsp3) is 0.444. The molecule has 0 atom stereocenters. The number of sulfonamides is 1. The smallest absolute Gasteiger partial charge is 0.245 e. The van der Waals surface area contributed by atoms with Crippen molar-refractivity contribution in [3.8, 4) is 0 Å². The van der Waals surface area contributed by atoms with Crippen LogP contribution in [0, 0.1) is 12.8 Å². The molecule has 0 unspecified atom stereocenters. The molecule has 0 saturated carbocycles. The summed E-state index contributed by atoms with van der Waals surface area (Å²) in [6.07, 6.45) is 1.68. The van der Waals surface area contributed by atoms with E-state index in [4.69, 9.17) is 0 Å². The van der Waals surface area contributed by atoms with Gasteiger partial charge in [-0.05, 0) is 24.6 Å². The average Bonchev–Trinajstić information content (AvgIpc) is 2.60. The molecular formula is C18H23N3O3S. The summed E-state index contributed by atoms with van der Waals surface area (Å²) in [4.78, 5) is 18.4. The van der Waals surface area contributed by atoms with Crippen molar-refractivity contribution < 1.29 is 13.2 Å². The number of hydrogen-bond acceptors (Lipinski definition) is 4. The minimum absolute atomic E-state index is 0.0688. The first kappa shape index (κ1) is 17.8. The highest BCUT2D eigenvalue weighted by molar-refractivity contribution is 7.89. The molecule has 0 aliphatic carbocycles. The van der Waals surface area contributed by atoms with Crippen LogP contribution in [0.1, 0.15) is 19.4 Å². The zero-order valence-electron chi connectivity index (χ0n) is 14.8. The number of benzene rings is 1. The molecule has 0 spiro atoms. The maximum Gasteiger partial charge on any atom is 0.245 e. The number of pyridine rings is 1. The van der Waals surface area contributed by atoms with Crippen molar-refractivity contribution in [1.82, 2.24) is 14.2 Å². The van der Waals surface area contributed by atoms with Gasteiger partial charge in [-0.1, -0.05) is 26.0 Å². The third-order valence-electron chi connectivity index (χ3n) is 4.47. The standard InChI is InChI=1S/C18H23N3O3S/c1-13(2)18(22)20-7-9-21(10-8-20)25(23,24)16-6-4-5-15-11-14(3)12-19-17(15)16/h4-6,11-13H,7-10H2,1-3H3. The number of carbonyl (C=O) groups excluding carboxylic acids is 1. The van der Waals surface area contributed by atoms with Crippen molar-refractivity contribution in [3.05, 3.63) is 36.0 Å². The number of amides is 1. The zero-order valence-corrected chi connectivity index (χ0v) is 15.6. The molecule has 134 valence electrons. The lowest BCUT2D eigenvalue weighted by Gasteiger charge is -2.35. The summed E-state index contributed by atoms with van der Waals surface area (Å²) >= 11 is 0. The molecule has 0 bridgehead atoms. The maximum atomic E-state index is 13.1. The van der Waals surface area contributed by atoms with Gasteiger partial charge in [-0.3, -0.25) is 9.78 Å². The third kappa shape index (κ3) is 3.39. The largest absolute Gasteiger partial charge is 0.340 e. The number of aryl methyl sites for hydroxylation is 1. The van der Waals surface area contributed by atoms with Crippen molar-refractivity contribution in [1.29, 1.82) is 0 Å².